The summed E-state index contributed by atoms with van der Waals surface area (Å²) in [5.41, 5.74) is 37.0. The van der Waals surface area contributed by atoms with E-state index in [0.717, 1.165) is 57.9 Å². The fraction of sp³-hybridized carbons (Fsp3) is 0.163. The molecule has 0 saturated heterocycles. The van der Waals surface area contributed by atoms with Gasteiger partial charge in [0.1, 0.15) is 17.8 Å². The van der Waals surface area contributed by atoms with Crippen LogP contribution in [-0.2, 0) is 22.7 Å². The van der Waals surface area contributed by atoms with Gasteiger partial charge in [-0.3, -0.25) is 0 Å². The van der Waals surface area contributed by atoms with Gasteiger partial charge >= 0.3 is 0 Å². The zero-order valence-electron chi connectivity index (χ0n) is 47.9. The lowest BCUT2D eigenvalue weighted by molar-refractivity contribution is 0.631. The van der Waals surface area contributed by atoms with E-state index < -0.39 is 17.0 Å². The zero-order chi connectivity index (χ0) is 56.5. The van der Waals surface area contributed by atoms with E-state index in [1.807, 2.05) is 12.2 Å². The molecular weight excluding hydrogens is 1000 g/mol. The summed E-state index contributed by atoms with van der Waals surface area (Å²) >= 11 is 0. The van der Waals surface area contributed by atoms with E-state index in [9.17, 15) is 0 Å². The molecule has 4 atom stereocenters. The summed E-state index contributed by atoms with van der Waals surface area (Å²) < 4.78 is 0. The van der Waals surface area contributed by atoms with Crippen LogP contribution >= 0.6 is 0 Å². The van der Waals surface area contributed by atoms with Crippen LogP contribution in [-0.4, -0.2) is 17.8 Å². The average molecular weight is 1070 g/mol. The molecule has 14 rings (SSSR count). The number of allylic oxidation sites excluding steroid dienone is 23. The van der Waals surface area contributed by atoms with Gasteiger partial charge < -0.3 is 5.32 Å². The lowest BCUT2D eigenvalue weighted by Gasteiger charge is -2.49. The van der Waals surface area contributed by atoms with Crippen LogP contribution in [0.1, 0.15) is 96.2 Å². The summed E-state index contributed by atoms with van der Waals surface area (Å²) in [6, 6.07) is 41.4. The van der Waals surface area contributed by atoms with E-state index in [1.54, 1.807) is 6.08 Å². The van der Waals surface area contributed by atoms with Gasteiger partial charge in [0.2, 0.25) is 0 Å². The van der Waals surface area contributed by atoms with E-state index in [-0.39, 0.29) is 11.3 Å². The number of amidine groups is 2. The molecule has 400 valence electrons. The topological polar surface area (TPSA) is 36.8 Å². The van der Waals surface area contributed by atoms with Gasteiger partial charge in [0, 0.05) is 28.1 Å². The number of fused-ring (bicyclic) bond motifs is 15. The predicted octanol–water partition coefficient (Wildman–Crippen LogP) is 18.0. The third-order valence-corrected chi connectivity index (χ3v) is 18.7. The molecule has 0 radical (unpaired) electrons. The van der Waals surface area contributed by atoms with Crippen LogP contribution in [0.15, 0.2) is 315 Å². The van der Waals surface area contributed by atoms with Gasteiger partial charge in [-0.25, -0.2) is 9.98 Å². The third-order valence-electron chi connectivity index (χ3n) is 18.7. The van der Waals surface area contributed by atoms with Crippen LogP contribution in [0, 0.1) is 12.8 Å². The highest BCUT2D eigenvalue weighted by Crippen LogP contribution is 2.68. The van der Waals surface area contributed by atoms with Gasteiger partial charge in [-0.1, -0.05) is 220 Å². The molecule has 0 fully saturated rings. The molecule has 0 bridgehead atoms. The molecule has 5 aromatic carbocycles. The second-order valence-electron chi connectivity index (χ2n) is 23.3. The summed E-state index contributed by atoms with van der Waals surface area (Å²) in [6.45, 7) is 15.1. The monoisotopic (exact) mass is 1070 g/mol. The number of aryl methyl sites for hydroxylation is 1. The van der Waals surface area contributed by atoms with Crippen molar-refractivity contribution in [3.05, 3.63) is 361 Å². The number of nitrogens with one attached hydrogen (secondary N) is 1. The Kier molecular flexibility index (Phi) is 12.7. The van der Waals surface area contributed by atoms with E-state index in [1.165, 1.54) is 89.1 Å². The first-order valence-corrected chi connectivity index (χ1v) is 29.4. The Morgan fingerprint density at radius 1 is 0.711 bits per heavy atom. The van der Waals surface area contributed by atoms with Crippen LogP contribution < -0.4 is 5.32 Å². The highest BCUT2D eigenvalue weighted by Gasteiger charge is 2.60. The van der Waals surface area contributed by atoms with Crippen LogP contribution in [0.2, 0.25) is 0 Å². The third kappa shape index (κ3) is 7.96. The molecule has 3 heteroatoms. The van der Waals surface area contributed by atoms with Gasteiger partial charge in [-0.2, -0.15) is 0 Å². The summed E-state index contributed by atoms with van der Waals surface area (Å²) in [5.74, 6) is 1.47. The molecule has 1 heterocycles. The Hall–Kier alpha value is -9.58. The number of nitrogens with zero attached hydrogens (tertiary/aromatic N) is 2. The number of hydrogen-bond donors (Lipinski definition) is 1. The van der Waals surface area contributed by atoms with Gasteiger partial charge in [-0.15, -0.1) is 17.2 Å². The standard InChI is InChI=1S/C80H65N3/c1-7-10-27-53(8-2)55-29-24-31-57(45-43-55)76-81-75(54(9-3)49-61-50-60-28-17-19-36-66(60)78(61,5)6)82-77(83-76)58-32-25-30-56(44-46-58)59-47-48-64-62-34-18-20-38-67(62)79(73(64)51-59)69-39-15-12-16-40-71(69)80(72-42-22-21-41-70(72)79)68-37-14-11-13-33-63(68)65-35-23-26-52(4)74(65)80/h7-10,12-14,16-23,25-29,31,33-49,51,58,76H,1,11,32,50H2,2-6H3,(H,81,82,83)/b27-10-,53-8+,54-9+,61-49+. The smallest absolute Gasteiger partial charge is 0.148 e. The fourth-order valence-corrected chi connectivity index (χ4v) is 14.8. The van der Waals surface area contributed by atoms with Crippen molar-refractivity contribution in [1.29, 1.82) is 0 Å². The molecule has 9 aliphatic rings. The fourth-order valence-electron chi connectivity index (χ4n) is 14.8. The summed E-state index contributed by atoms with van der Waals surface area (Å²) in [4.78, 5) is 11.0. The molecule has 0 saturated carbocycles. The molecule has 0 amide bonds. The minimum atomic E-state index is -0.657. The maximum atomic E-state index is 5.49. The molecule has 3 nitrogen and oxygen atoms in total. The number of hydrogen-bond acceptors (Lipinski definition) is 3. The molecule has 0 aromatic heterocycles. The zero-order valence-corrected chi connectivity index (χ0v) is 47.9. The normalized spacial score (nSPS) is 24.3. The maximum absolute atomic E-state index is 5.49. The Morgan fingerprint density at radius 3 is 2.31 bits per heavy atom. The van der Waals surface area contributed by atoms with Crippen molar-refractivity contribution in [2.45, 2.75) is 76.3 Å². The number of benzene rings is 5. The van der Waals surface area contributed by atoms with Crippen molar-refractivity contribution in [3.63, 3.8) is 0 Å². The van der Waals surface area contributed by atoms with Crippen molar-refractivity contribution in [2.75, 3.05) is 0 Å². The minimum Gasteiger partial charge on any atom is -0.344 e. The molecule has 83 heavy (non-hydrogen) atoms. The van der Waals surface area contributed by atoms with E-state index >= 15 is 0 Å². The van der Waals surface area contributed by atoms with Crippen molar-refractivity contribution >= 4 is 22.8 Å². The first kappa shape index (κ1) is 51.6. The molecule has 8 aliphatic carbocycles. The van der Waals surface area contributed by atoms with E-state index in [0.29, 0.717) is 6.42 Å². The lowest BCUT2D eigenvalue weighted by Crippen LogP contribution is -2.44. The van der Waals surface area contributed by atoms with E-state index in [2.05, 4.69) is 282 Å². The Balaban J connectivity index is 0.889. The highest BCUT2D eigenvalue weighted by atomic mass is 15.2. The quantitative estimate of drug-likeness (QED) is 0.122. The SMILES string of the molecule is C=C/C=C\C(=C/C)C1=CC=C(C2N=C(C3C=CC(c4ccc5c(c4)C4(C6=C(C=CC=C=C6)C6(C7=C(C=CCC=C7)c7cccc(C)c76)c6ccccc64)c4ccccc4-5)=C=CC3)N=C(C(=C/C)/C=C3\Cc4ccccc4C3(C)C)N2)C=C=C1. The second-order valence-corrected chi connectivity index (χ2v) is 23.3. The van der Waals surface area contributed by atoms with Gasteiger partial charge in [-0.05, 0) is 183 Å². The molecule has 1 aliphatic heterocycles. The average Bonchev–Trinajstić information content (AvgIpc) is 1.67. The van der Waals surface area contributed by atoms with Crippen molar-refractivity contribution < 1.29 is 0 Å². The Bertz CT molecular complexity index is 4400. The molecule has 2 spiro atoms. The van der Waals surface area contributed by atoms with Crippen LogP contribution in [0.4, 0.5) is 0 Å². The molecule has 5 aromatic rings. The minimum absolute atomic E-state index is 0.119. The first-order chi connectivity index (χ1) is 40.7. The number of rotatable bonds is 8. The van der Waals surface area contributed by atoms with Crippen LogP contribution in [0.25, 0.3) is 22.3 Å². The molecular formula is C80H65N3. The lowest BCUT2D eigenvalue weighted by atomic mass is 9.51. The number of aliphatic imine (C=N–C) groups is 2. The predicted molar refractivity (Wildman–Crippen MR) is 346 cm³/mol. The van der Waals surface area contributed by atoms with E-state index in [4.69, 9.17) is 9.98 Å². The van der Waals surface area contributed by atoms with Gasteiger partial charge in [0.15, 0.2) is 0 Å². The summed E-state index contributed by atoms with van der Waals surface area (Å²) in [6.07, 6.45) is 48.3. The van der Waals surface area contributed by atoms with Crippen molar-refractivity contribution in [2.24, 2.45) is 15.9 Å². The summed E-state index contributed by atoms with van der Waals surface area (Å²) in [7, 11) is 0. The van der Waals surface area contributed by atoms with Crippen molar-refractivity contribution in [3.8, 4) is 11.1 Å². The molecule has 1 N–H and O–H groups in total. The maximum Gasteiger partial charge on any atom is 0.148 e. The Morgan fingerprint density at radius 2 is 1.48 bits per heavy atom. The summed E-state index contributed by atoms with van der Waals surface area (Å²) in [5, 5.41) is 3.81. The van der Waals surface area contributed by atoms with Gasteiger partial charge in [0.25, 0.3) is 0 Å². The highest BCUT2D eigenvalue weighted by molar-refractivity contribution is 6.10. The van der Waals surface area contributed by atoms with Gasteiger partial charge in [0.05, 0.1) is 10.8 Å². The van der Waals surface area contributed by atoms with Crippen LogP contribution in [0.3, 0.4) is 0 Å². The first-order valence-electron chi connectivity index (χ1n) is 29.4. The largest absolute Gasteiger partial charge is 0.344 e. The Labute approximate surface area is 489 Å². The second kappa shape index (κ2) is 20.4. The van der Waals surface area contributed by atoms with Crippen molar-refractivity contribution in [1.82, 2.24) is 5.32 Å². The van der Waals surface area contributed by atoms with Crippen LogP contribution in [0.5, 0.6) is 0 Å². The molecule has 4 unspecified atom stereocenters.